The third kappa shape index (κ3) is 4.06. The number of amides is 2. The predicted octanol–water partition coefficient (Wildman–Crippen LogP) is 3.92. The molecule has 0 bridgehead atoms. The molecule has 3 heterocycles. The summed E-state index contributed by atoms with van der Waals surface area (Å²) in [7, 11) is 0. The van der Waals surface area contributed by atoms with Crippen LogP contribution in [0.1, 0.15) is 63.7 Å². The van der Waals surface area contributed by atoms with Crippen molar-refractivity contribution in [3.05, 3.63) is 64.5 Å². The average molecular weight is 413 g/mol. The molecule has 7 heteroatoms. The molecule has 0 radical (unpaired) electrons. The van der Waals surface area contributed by atoms with Crippen molar-refractivity contribution in [2.45, 2.75) is 38.5 Å². The molecule has 30 heavy (non-hydrogen) atoms. The number of aryl methyl sites for hydroxylation is 1. The lowest BCUT2D eigenvalue weighted by molar-refractivity contribution is 0.0702. The summed E-state index contributed by atoms with van der Waals surface area (Å²) < 4.78 is 27.1. The van der Waals surface area contributed by atoms with Crippen LogP contribution in [0, 0.1) is 18.6 Å². The minimum Gasteiger partial charge on any atom is -0.339 e. The zero-order valence-corrected chi connectivity index (χ0v) is 17.0. The second kappa shape index (κ2) is 8.50. The van der Waals surface area contributed by atoms with E-state index in [4.69, 9.17) is 0 Å². The van der Waals surface area contributed by atoms with Crippen molar-refractivity contribution < 1.29 is 18.4 Å². The van der Waals surface area contributed by atoms with Crippen LogP contribution in [-0.2, 0) is 0 Å². The number of pyridine rings is 1. The first-order chi connectivity index (χ1) is 14.4. The first-order valence-electron chi connectivity index (χ1n) is 10.4. The third-order valence-electron chi connectivity index (χ3n) is 6.02. The van der Waals surface area contributed by atoms with Gasteiger partial charge in [0.2, 0.25) is 0 Å². The topological polar surface area (TPSA) is 53.5 Å². The van der Waals surface area contributed by atoms with Crippen LogP contribution in [0.25, 0.3) is 0 Å². The van der Waals surface area contributed by atoms with E-state index in [9.17, 15) is 18.4 Å². The highest BCUT2D eigenvalue weighted by Crippen LogP contribution is 2.31. The zero-order valence-electron chi connectivity index (χ0n) is 17.0. The first-order valence-corrected chi connectivity index (χ1v) is 10.4. The Morgan fingerprint density at radius 3 is 2.17 bits per heavy atom. The maximum absolute atomic E-state index is 14.0. The quantitative estimate of drug-likeness (QED) is 0.766. The van der Waals surface area contributed by atoms with E-state index in [-0.39, 0.29) is 17.4 Å². The molecule has 4 rings (SSSR count). The molecule has 5 nitrogen and oxygen atoms in total. The molecule has 158 valence electrons. The summed E-state index contributed by atoms with van der Waals surface area (Å²) in [5.74, 6) is -1.89. The Morgan fingerprint density at radius 2 is 1.50 bits per heavy atom. The van der Waals surface area contributed by atoms with Crippen molar-refractivity contribution in [3.63, 3.8) is 0 Å². The molecular formula is C23H25F2N3O2. The van der Waals surface area contributed by atoms with Crippen molar-refractivity contribution in [3.8, 4) is 0 Å². The Bertz CT molecular complexity index is 965. The van der Waals surface area contributed by atoms with Gasteiger partial charge in [0.05, 0.1) is 16.8 Å². The fraction of sp³-hybridized carbons (Fsp3) is 0.435. The lowest BCUT2D eigenvalue weighted by Crippen LogP contribution is -2.39. The molecule has 1 aromatic carbocycles. The molecule has 0 saturated carbocycles. The Morgan fingerprint density at radius 1 is 0.900 bits per heavy atom. The van der Waals surface area contributed by atoms with Gasteiger partial charge >= 0.3 is 0 Å². The Kier molecular flexibility index (Phi) is 5.79. The molecule has 2 aromatic rings. The molecule has 2 saturated heterocycles. The number of aromatic nitrogens is 1. The van der Waals surface area contributed by atoms with Gasteiger partial charge in [-0.05, 0) is 56.9 Å². The normalized spacial score (nSPS) is 17.4. The fourth-order valence-corrected chi connectivity index (χ4v) is 4.35. The van der Waals surface area contributed by atoms with E-state index in [1.54, 1.807) is 4.90 Å². The first kappa shape index (κ1) is 20.4. The second-order valence-corrected chi connectivity index (χ2v) is 8.08. The largest absolute Gasteiger partial charge is 0.339 e. The van der Waals surface area contributed by atoms with Gasteiger partial charge in [-0.3, -0.25) is 14.6 Å². The number of benzene rings is 1. The van der Waals surface area contributed by atoms with Crippen molar-refractivity contribution >= 4 is 11.8 Å². The van der Waals surface area contributed by atoms with Crippen LogP contribution >= 0.6 is 0 Å². The fourth-order valence-electron chi connectivity index (χ4n) is 4.35. The van der Waals surface area contributed by atoms with E-state index in [2.05, 4.69) is 4.98 Å². The van der Waals surface area contributed by atoms with Gasteiger partial charge < -0.3 is 9.80 Å². The van der Waals surface area contributed by atoms with Crippen molar-refractivity contribution in [1.82, 2.24) is 14.8 Å². The Hall–Kier alpha value is -2.83. The molecule has 2 amide bonds. The number of hydrogen-bond acceptors (Lipinski definition) is 3. The van der Waals surface area contributed by atoms with E-state index >= 15 is 0 Å². The maximum atomic E-state index is 14.0. The lowest BCUT2D eigenvalue weighted by atomic mass is 9.89. The minimum atomic E-state index is -0.846. The summed E-state index contributed by atoms with van der Waals surface area (Å²) >= 11 is 0. The van der Waals surface area contributed by atoms with Gasteiger partial charge in [0, 0.05) is 43.9 Å². The predicted molar refractivity (Wildman–Crippen MR) is 108 cm³/mol. The van der Waals surface area contributed by atoms with Crippen molar-refractivity contribution in [1.29, 1.82) is 0 Å². The summed E-state index contributed by atoms with van der Waals surface area (Å²) in [6.07, 6.45) is 3.35. The number of carbonyl (C=O) groups is 2. The Balaban J connectivity index is 1.49. The highest BCUT2D eigenvalue weighted by molar-refractivity contribution is 5.96. The number of piperidine rings is 1. The van der Waals surface area contributed by atoms with E-state index in [1.807, 2.05) is 24.0 Å². The maximum Gasteiger partial charge on any atom is 0.256 e. The summed E-state index contributed by atoms with van der Waals surface area (Å²) in [6.45, 7) is 4.34. The summed E-state index contributed by atoms with van der Waals surface area (Å²) in [6, 6.07) is 6.74. The molecule has 0 N–H and O–H groups in total. The van der Waals surface area contributed by atoms with Crippen LogP contribution in [0.5, 0.6) is 0 Å². The van der Waals surface area contributed by atoms with Crippen LogP contribution in [-0.4, -0.2) is 52.8 Å². The molecule has 0 unspecified atom stereocenters. The molecule has 0 atom stereocenters. The van der Waals surface area contributed by atoms with Gasteiger partial charge in [-0.25, -0.2) is 8.78 Å². The average Bonchev–Trinajstić information content (AvgIpc) is 3.28. The van der Waals surface area contributed by atoms with Crippen molar-refractivity contribution in [2.75, 3.05) is 26.2 Å². The smallest absolute Gasteiger partial charge is 0.256 e. The Labute approximate surface area is 174 Å². The van der Waals surface area contributed by atoms with Crippen molar-refractivity contribution in [2.24, 2.45) is 0 Å². The van der Waals surface area contributed by atoms with Crippen LogP contribution < -0.4 is 0 Å². The van der Waals surface area contributed by atoms with Gasteiger partial charge in [-0.15, -0.1) is 0 Å². The van der Waals surface area contributed by atoms with E-state index in [0.717, 1.165) is 49.5 Å². The van der Waals surface area contributed by atoms with Gasteiger partial charge in [-0.1, -0.05) is 0 Å². The van der Waals surface area contributed by atoms with E-state index < -0.39 is 17.5 Å². The monoisotopic (exact) mass is 413 g/mol. The van der Waals surface area contributed by atoms with Gasteiger partial charge in [-0.2, -0.15) is 0 Å². The molecular weight excluding hydrogens is 388 g/mol. The van der Waals surface area contributed by atoms with E-state index in [1.165, 1.54) is 6.07 Å². The van der Waals surface area contributed by atoms with Crippen LogP contribution in [0.3, 0.4) is 0 Å². The molecule has 2 aliphatic heterocycles. The third-order valence-corrected chi connectivity index (χ3v) is 6.02. The van der Waals surface area contributed by atoms with Crippen LogP contribution in [0.2, 0.25) is 0 Å². The molecule has 2 fully saturated rings. The number of halogens is 2. The van der Waals surface area contributed by atoms with Gasteiger partial charge in [0.1, 0.15) is 11.6 Å². The standard InChI is InChI=1S/C23H25F2N3O2/c1-15-4-6-19(23(30)27-10-2-3-11-27)21(26-15)16-8-12-28(13-9-16)22(29)18-7-5-17(24)14-20(18)25/h4-7,14,16H,2-3,8-13H2,1H3. The molecule has 2 aliphatic rings. The number of rotatable bonds is 3. The number of carbonyl (C=O) groups excluding carboxylic acids is 2. The summed E-state index contributed by atoms with van der Waals surface area (Å²) in [4.78, 5) is 33.8. The molecule has 0 spiro atoms. The zero-order chi connectivity index (χ0) is 21.3. The summed E-state index contributed by atoms with van der Waals surface area (Å²) in [5.41, 5.74) is 2.19. The number of likely N-dealkylation sites (tertiary alicyclic amines) is 2. The highest BCUT2D eigenvalue weighted by Gasteiger charge is 2.31. The second-order valence-electron chi connectivity index (χ2n) is 8.08. The van der Waals surface area contributed by atoms with Gasteiger partial charge in [0.25, 0.3) is 11.8 Å². The van der Waals surface area contributed by atoms with Crippen LogP contribution in [0.4, 0.5) is 8.78 Å². The number of hydrogen-bond donors (Lipinski definition) is 0. The minimum absolute atomic E-state index is 0.0295. The van der Waals surface area contributed by atoms with Crippen LogP contribution in [0.15, 0.2) is 30.3 Å². The highest BCUT2D eigenvalue weighted by atomic mass is 19.1. The molecule has 1 aromatic heterocycles. The van der Waals surface area contributed by atoms with Gasteiger partial charge in [0.15, 0.2) is 0 Å². The molecule has 0 aliphatic carbocycles. The lowest BCUT2D eigenvalue weighted by Gasteiger charge is -2.33. The number of nitrogens with zero attached hydrogens (tertiary/aromatic N) is 3. The summed E-state index contributed by atoms with van der Waals surface area (Å²) in [5, 5.41) is 0. The SMILES string of the molecule is Cc1ccc(C(=O)N2CCCC2)c(C2CCN(C(=O)c3ccc(F)cc3F)CC2)n1. The van der Waals surface area contributed by atoms with E-state index in [0.29, 0.717) is 31.5 Å².